The molecule has 128 valence electrons. The highest BCUT2D eigenvalue weighted by Crippen LogP contribution is 2.22. The Morgan fingerprint density at radius 3 is 2.60 bits per heavy atom. The van der Waals surface area contributed by atoms with Gasteiger partial charge in [-0.25, -0.2) is 0 Å². The van der Waals surface area contributed by atoms with Crippen molar-refractivity contribution in [2.24, 2.45) is 0 Å². The molecule has 1 aromatic heterocycles. The molecule has 4 nitrogen and oxygen atoms in total. The minimum absolute atomic E-state index is 0.0520. The summed E-state index contributed by atoms with van der Waals surface area (Å²) in [5, 5.41) is 13.1. The Labute approximate surface area is 159 Å². The number of amides is 1. The smallest absolute Gasteiger partial charge is 0.227 e. The number of nitrogens with zero attached hydrogens (tertiary/aromatic N) is 2. The van der Waals surface area contributed by atoms with Crippen LogP contribution >= 0.6 is 34.7 Å². The van der Waals surface area contributed by atoms with Gasteiger partial charge in [0, 0.05) is 28.5 Å². The van der Waals surface area contributed by atoms with Gasteiger partial charge in [-0.15, -0.1) is 22.0 Å². The molecule has 1 N–H and O–H groups in total. The second-order valence-electron chi connectivity index (χ2n) is 5.26. The Balaban J connectivity index is 1.44. The number of benzene rings is 2. The van der Waals surface area contributed by atoms with Gasteiger partial charge in [-0.3, -0.25) is 4.79 Å². The summed E-state index contributed by atoms with van der Waals surface area (Å²) in [7, 11) is 0. The lowest BCUT2D eigenvalue weighted by molar-refractivity contribution is -0.115. The number of thioether (sulfide) groups is 1. The number of rotatable bonds is 7. The molecule has 3 rings (SSSR count). The predicted molar refractivity (Wildman–Crippen MR) is 105 cm³/mol. The lowest BCUT2D eigenvalue weighted by Gasteiger charge is -2.02. The molecule has 1 heterocycles. The number of halogens is 1. The Bertz CT molecular complexity index is 822. The molecule has 0 saturated heterocycles. The first-order chi connectivity index (χ1) is 12.2. The molecule has 0 radical (unpaired) electrons. The number of carbonyl (C=O) groups excluding carboxylic acids is 1. The minimum Gasteiger partial charge on any atom is -0.301 e. The van der Waals surface area contributed by atoms with Crippen LogP contribution in [0, 0.1) is 0 Å². The van der Waals surface area contributed by atoms with Crippen LogP contribution in [0.2, 0.25) is 5.02 Å². The molecule has 2 aromatic carbocycles. The predicted octanol–water partition coefficient (Wildman–Crippen LogP) is 4.90. The highest BCUT2D eigenvalue weighted by Gasteiger charge is 2.09. The van der Waals surface area contributed by atoms with Crippen molar-refractivity contribution in [1.29, 1.82) is 0 Å². The van der Waals surface area contributed by atoms with Gasteiger partial charge in [0.05, 0.1) is 0 Å². The van der Waals surface area contributed by atoms with Crippen LogP contribution in [0.1, 0.15) is 17.0 Å². The van der Waals surface area contributed by atoms with Crippen LogP contribution in [0.5, 0.6) is 0 Å². The van der Waals surface area contributed by atoms with Crippen molar-refractivity contribution in [1.82, 2.24) is 10.2 Å². The summed E-state index contributed by atoms with van der Waals surface area (Å²) in [5.74, 6) is 0.646. The topological polar surface area (TPSA) is 54.9 Å². The largest absolute Gasteiger partial charge is 0.301 e. The molecule has 0 aliphatic rings. The summed E-state index contributed by atoms with van der Waals surface area (Å²) in [6, 6.07) is 17.7. The molecule has 0 saturated carbocycles. The second kappa shape index (κ2) is 8.99. The normalized spacial score (nSPS) is 10.6. The summed E-state index contributed by atoms with van der Waals surface area (Å²) in [6.45, 7) is 0. The van der Waals surface area contributed by atoms with Crippen molar-refractivity contribution in [2.75, 3.05) is 11.1 Å². The fraction of sp³-hybridized carbons (Fsp3) is 0.167. The SMILES string of the molecule is O=C(CCSc1ccc(Cl)cc1)Nc1nnc(Cc2ccccc2)s1. The third kappa shape index (κ3) is 5.85. The maximum atomic E-state index is 12.0. The van der Waals surface area contributed by atoms with E-state index in [1.807, 2.05) is 54.6 Å². The fourth-order valence-electron chi connectivity index (χ4n) is 2.12. The van der Waals surface area contributed by atoms with Crippen molar-refractivity contribution in [3.63, 3.8) is 0 Å². The summed E-state index contributed by atoms with van der Waals surface area (Å²) in [5.41, 5.74) is 1.18. The third-order valence-corrected chi connectivity index (χ3v) is 5.43. The number of anilines is 1. The molecule has 0 atom stereocenters. The standard InChI is InChI=1S/C18H16ClN3OS2/c19-14-6-8-15(9-7-14)24-11-10-16(23)20-18-22-21-17(25-18)12-13-4-2-1-3-5-13/h1-9H,10-12H2,(H,20,22,23). The van der Waals surface area contributed by atoms with Crippen LogP contribution in [-0.4, -0.2) is 21.9 Å². The van der Waals surface area contributed by atoms with Gasteiger partial charge >= 0.3 is 0 Å². The Morgan fingerprint density at radius 1 is 1.08 bits per heavy atom. The van der Waals surface area contributed by atoms with Crippen LogP contribution in [0.4, 0.5) is 5.13 Å². The average molecular weight is 390 g/mol. The molecule has 0 fully saturated rings. The number of aromatic nitrogens is 2. The number of hydrogen-bond acceptors (Lipinski definition) is 5. The number of nitrogens with one attached hydrogen (secondary N) is 1. The average Bonchev–Trinajstić information content (AvgIpc) is 3.04. The fourth-order valence-corrected chi connectivity index (χ4v) is 3.89. The molecular formula is C18H16ClN3OS2. The van der Waals surface area contributed by atoms with Crippen molar-refractivity contribution >= 4 is 45.7 Å². The molecule has 3 aromatic rings. The van der Waals surface area contributed by atoms with Crippen molar-refractivity contribution in [2.45, 2.75) is 17.7 Å². The van der Waals surface area contributed by atoms with Crippen LogP contribution in [0.15, 0.2) is 59.5 Å². The Morgan fingerprint density at radius 2 is 1.84 bits per heavy atom. The maximum Gasteiger partial charge on any atom is 0.227 e. The highest BCUT2D eigenvalue weighted by molar-refractivity contribution is 7.99. The molecule has 7 heteroatoms. The van der Waals surface area contributed by atoms with E-state index in [1.54, 1.807) is 11.8 Å². The first kappa shape index (κ1) is 17.9. The van der Waals surface area contributed by atoms with E-state index >= 15 is 0 Å². The zero-order valence-corrected chi connectivity index (χ0v) is 15.7. The van der Waals surface area contributed by atoms with Gasteiger partial charge in [-0.2, -0.15) is 0 Å². The van der Waals surface area contributed by atoms with Gasteiger partial charge in [0.15, 0.2) is 0 Å². The van der Waals surface area contributed by atoms with E-state index in [2.05, 4.69) is 15.5 Å². The van der Waals surface area contributed by atoms with Crippen LogP contribution in [-0.2, 0) is 11.2 Å². The van der Waals surface area contributed by atoms with Gasteiger partial charge < -0.3 is 5.32 Å². The quantitative estimate of drug-likeness (QED) is 0.583. The van der Waals surface area contributed by atoms with E-state index in [9.17, 15) is 4.79 Å². The third-order valence-electron chi connectivity index (χ3n) is 3.32. The minimum atomic E-state index is -0.0520. The van der Waals surface area contributed by atoms with Crippen molar-refractivity contribution in [3.05, 3.63) is 70.2 Å². The molecule has 0 unspecified atom stereocenters. The van der Waals surface area contributed by atoms with E-state index in [4.69, 9.17) is 11.6 Å². The van der Waals surface area contributed by atoms with E-state index in [-0.39, 0.29) is 5.91 Å². The van der Waals surface area contributed by atoms with Gasteiger partial charge in [0.2, 0.25) is 11.0 Å². The zero-order valence-electron chi connectivity index (χ0n) is 13.3. The highest BCUT2D eigenvalue weighted by atomic mass is 35.5. The lowest BCUT2D eigenvalue weighted by atomic mass is 10.2. The maximum absolute atomic E-state index is 12.0. The monoisotopic (exact) mass is 389 g/mol. The molecule has 0 aliphatic carbocycles. The Kier molecular flexibility index (Phi) is 6.44. The molecule has 0 spiro atoms. The van der Waals surface area contributed by atoms with Crippen molar-refractivity contribution in [3.8, 4) is 0 Å². The second-order valence-corrected chi connectivity index (χ2v) is 7.93. The first-order valence-electron chi connectivity index (χ1n) is 7.73. The van der Waals surface area contributed by atoms with Crippen molar-refractivity contribution < 1.29 is 4.79 Å². The van der Waals surface area contributed by atoms with Gasteiger partial charge in [-0.05, 0) is 29.8 Å². The van der Waals surface area contributed by atoms with E-state index in [0.717, 1.165) is 16.3 Å². The van der Waals surface area contributed by atoms with Crippen LogP contribution in [0.25, 0.3) is 0 Å². The van der Waals surface area contributed by atoms with E-state index in [0.29, 0.717) is 22.3 Å². The van der Waals surface area contributed by atoms with Gasteiger partial charge in [-0.1, -0.05) is 53.3 Å². The molecular weight excluding hydrogens is 374 g/mol. The van der Waals surface area contributed by atoms with Gasteiger partial charge in [0.25, 0.3) is 0 Å². The molecule has 0 bridgehead atoms. The lowest BCUT2D eigenvalue weighted by Crippen LogP contribution is -2.11. The van der Waals surface area contributed by atoms with Gasteiger partial charge in [0.1, 0.15) is 5.01 Å². The molecule has 25 heavy (non-hydrogen) atoms. The first-order valence-corrected chi connectivity index (χ1v) is 9.91. The summed E-state index contributed by atoms with van der Waals surface area (Å²) in [4.78, 5) is 13.1. The summed E-state index contributed by atoms with van der Waals surface area (Å²) < 4.78 is 0. The van der Waals surface area contributed by atoms with Crippen LogP contribution in [0.3, 0.4) is 0 Å². The molecule has 0 aliphatic heterocycles. The summed E-state index contributed by atoms with van der Waals surface area (Å²) >= 11 is 8.89. The summed E-state index contributed by atoms with van der Waals surface area (Å²) in [6.07, 6.45) is 1.14. The Hall–Kier alpha value is -1.89. The van der Waals surface area contributed by atoms with E-state index in [1.165, 1.54) is 16.9 Å². The number of hydrogen-bond donors (Lipinski definition) is 1. The van der Waals surface area contributed by atoms with E-state index < -0.39 is 0 Å². The molecule has 1 amide bonds. The number of carbonyl (C=O) groups is 1. The zero-order chi connectivity index (χ0) is 17.5. The van der Waals surface area contributed by atoms with Crippen LogP contribution < -0.4 is 5.32 Å².